The molecule has 1 N–H and O–H groups in total. The molecule has 3 amide bonds. The van der Waals surface area contributed by atoms with E-state index in [9.17, 15) is 14.4 Å². The number of aryl methyl sites for hydroxylation is 1. The van der Waals surface area contributed by atoms with Crippen LogP contribution < -0.4 is 5.32 Å². The van der Waals surface area contributed by atoms with Gasteiger partial charge < -0.3 is 9.47 Å². The molecule has 1 aromatic carbocycles. The topological polar surface area (TPSA) is 71.4 Å². The predicted octanol–water partition coefficient (Wildman–Crippen LogP) is 3.93. The van der Waals surface area contributed by atoms with Crippen molar-refractivity contribution < 1.29 is 14.4 Å². The predicted molar refractivity (Wildman–Crippen MR) is 115 cm³/mol. The minimum Gasteiger partial charge on any atom is -0.338 e. The first kappa shape index (κ1) is 19.8. The Hall–Kier alpha value is -2.54. The average Bonchev–Trinajstić information content (AvgIpc) is 3.21. The van der Waals surface area contributed by atoms with E-state index in [2.05, 4.69) is 25.2 Å². The van der Waals surface area contributed by atoms with Gasteiger partial charge in [0.1, 0.15) is 6.54 Å². The van der Waals surface area contributed by atoms with Crippen molar-refractivity contribution >= 4 is 45.8 Å². The fraction of sp³-hybridized carbons (Fsp3) is 0.409. The monoisotopic (exact) mass is 411 g/mol. The van der Waals surface area contributed by atoms with E-state index in [1.165, 1.54) is 6.42 Å². The fourth-order valence-corrected chi connectivity index (χ4v) is 4.93. The van der Waals surface area contributed by atoms with Crippen LogP contribution in [0.15, 0.2) is 29.3 Å². The van der Waals surface area contributed by atoms with Crippen LogP contribution in [0, 0.1) is 0 Å². The number of piperidine rings is 1. The first-order valence-electron chi connectivity index (χ1n) is 10.1. The molecule has 7 heteroatoms. The highest BCUT2D eigenvalue weighted by molar-refractivity contribution is 8.18. The van der Waals surface area contributed by atoms with E-state index in [-0.39, 0.29) is 29.6 Å². The molecule has 6 nitrogen and oxygen atoms in total. The average molecular weight is 412 g/mol. The highest BCUT2D eigenvalue weighted by atomic mass is 32.2. The third-order valence-corrected chi connectivity index (χ3v) is 6.56. The SMILES string of the molecule is CCc1cccc2c(/C=C3\SC(=O)NC3=O)cn(CC(=O)N3CCCC[C@H]3C)c12. The Bertz CT molecular complexity index is 1020. The van der Waals surface area contributed by atoms with E-state index < -0.39 is 0 Å². The standard InChI is InChI=1S/C22H25N3O3S/c1-3-15-8-6-9-17-16(11-18-21(27)23-22(28)29-18)12-24(20(15)17)13-19(26)25-10-5-4-7-14(25)2/h6,8-9,11-12,14H,3-5,7,10,13H2,1-2H3,(H,23,27,28)/b18-11-/t14-/m1/s1. The molecule has 0 radical (unpaired) electrons. The lowest BCUT2D eigenvalue weighted by Crippen LogP contribution is -2.43. The smallest absolute Gasteiger partial charge is 0.290 e. The number of aromatic nitrogens is 1. The summed E-state index contributed by atoms with van der Waals surface area (Å²) < 4.78 is 2.00. The van der Waals surface area contributed by atoms with Crippen molar-refractivity contribution in [2.75, 3.05) is 6.54 Å². The first-order valence-corrected chi connectivity index (χ1v) is 10.9. The lowest BCUT2D eigenvalue weighted by molar-refractivity contribution is -0.135. The van der Waals surface area contributed by atoms with E-state index in [4.69, 9.17) is 0 Å². The fourth-order valence-electron chi connectivity index (χ4n) is 4.26. The number of nitrogens with zero attached hydrogens (tertiary/aromatic N) is 2. The van der Waals surface area contributed by atoms with Gasteiger partial charge in [-0.1, -0.05) is 25.1 Å². The van der Waals surface area contributed by atoms with Gasteiger partial charge in [0, 0.05) is 29.7 Å². The molecule has 0 spiro atoms. The van der Waals surface area contributed by atoms with E-state index in [0.717, 1.165) is 59.6 Å². The molecule has 0 aliphatic carbocycles. The summed E-state index contributed by atoms with van der Waals surface area (Å²) in [5.74, 6) is -0.242. The van der Waals surface area contributed by atoms with Crippen molar-refractivity contribution in [3.05, 3.63) is 40.4 Å². The van der Waals surface area contributed by atoms with Gasteiger partial charge in [-0.2, -0.15) is 0 Å². The van der Waals surface area contributed by atoms with Gasteiger partial charge in [0.25, 0.3) is 11.1 Å². The van der Waals surface area contributed by atoms with E-state index >= 15 is 0 Å². The van der Waals surface area contributed by atoms with E-state index in [0.29, 0.717) is 4.91 Å². The lowest BCUT2D eigenvalue weighted by Gasteiger charge is -2.33. The maximum atomic E-state index is 13.0. The summed E-state index contributed by atoms with van der Waals surface area (Å²) in [4.78, 5) is 38.9. The second-order valence-electron chi connectivity index (χ2n) is 7.66. The van der Waals surface area contributed by atoms with Crippen LogP contribution in [-0.4, -0.2) is 39.1 Å². The van der Waals surface area contributed by atoms with Crippen LogP contribution >= 0.6 is 11.8 Å². The number of benzene rings is 1. The molecular formula is C22H25N3O3S. The Kier molecular flexibility index (Phi) is 5.50. The molecule has 1 aromatic heterocycles. The van der Waals surface area contributed by atoms with Gasteiger partial charge in [0.15, 0.2) is 0 Å². The number of imide groups is 1. The third-order valence-electron chi connectivity index (χ3n) is 5.75. The maximum absolute atomic E-state index is 13.0. The summed E-state index contributed by atoms with van der Waals surface area (Å²) in [5.41, 5.74) is 3.03. The normalized spacial score (nSPS) is 21.2. The molecule has 0 bridgehead atoms. The number of amides is 3. The van der Waals surface area contributed by atoms with Gasteiger partial charge in [0.2, 0.25) is 5.91 Å². The molecule has 4 rings (SSSR count). The molecule has 2 aliphatic rings. The summed E-state index contributed by atoms with van der Waals surface area (Å²) in [6.45, 7) is 5.30. The third kappa shape index (κ3) is 3.83. The molecule has 0 saturated carbocycles. The van der Waals surface area contributed by atoms with Crippen LogP contribution in [0.4, 0.5) is 4.79 Å². The first-order chi connectivity index (χ1) is 14.0. The van der Waals surface area contributed by atoms with Crippen LogP contribution in [0.1, 0.15) is 44.2 Å². The van der Waals surface area contributed by atoms with Gasteiger partial charge in [-0.3, -0.25) is 19.7 Å². The summed E-state index contributed by atoms with van der Waals surface area (Å²) in [7, 11) is 0. The van der Waals surface area contributed by atoms with E-state index in [1.54, 1.807) is 6.08 Å². The summed E-state index contributed by atoms with van der Waals surface area (Å²) in [5, 5.41) is 2.93. The van der Waals surface area contributed by atoms with Crippen LogP contribution in [-0.2, 0) is 22.6 Å². The van der Waals surface area contributed by atoms with Crippen LogP contribution in [0.2, 0.25) is 0 Å². The van der Waals surface area contributed by atoms with Crippen molar-refractivity contribution in [1.29, 1.82) is 0 Å². The number of hydrogen-bond acceptors (Lipinski definition) is 4. The van der Waals surface area contributed by atoms with Crippen molar-refractivity contribution in [1.82, 2.24) is 14.8 Å². The highest BCUT2D eigenvalue weighted by Crippen LogP contribution is 2.31. The molecule has 152 valence electrons. The lowest BCUT2D eigenvalue weighted by atomic mass is 10.0. The van der Waals surface area contributed by atoms with Crippen molar-refractivity contribution in [2.24, 2.45) is 0 Å². The van der Waals surface area contributed by atoms with Crippen LogP contribution in [0.25, 0.3) is 17.0 Å². The van der Waals surface area contributed by atoms with Gasteiger partial charge in [-0.25, -0.2) is 0 Å². The number of hydrogen-bond donors (Lipinski definition) is 1. The van der Waals surface area contributed by atoms with Crippen LogP contribution in [0.5, 0.6) is 0 Å². The minimum absolute atomic E-state index is 0.127. The molecule has 2 aliphatic heterocycles. The summed E-state index contributed by atoms with van der Waals surface area (Å²) in [6.07, 6.45) is 7.81. The molecule has 3 heterocycles. The second kappa shape index (κ2) is 8.06. The van der Waals surface area contributed by atoms with Gasteiger partial charge in [-0.05, 0) is 56.0 Å². The maximum Gasteiger partial charge on any atom is 0.290 e. The Labute approximate surface area is 174 Å². The number of carbonyl (C=O) groups excluding carboxylic acids is 3. The molecule has 2 aromatic rings. The molecule has 1 atom stereocenters. The number of nitrogens with one attached hydrogen (secondary N) is 1. The highest BCUT2D eigenvalue weighted by Gasteiger charge is 2.27. The zero-order chi connectivity index (χ0) is 20.5. The van der Waals surface area contributed by atoms with Crippen molar-refractivity contribution in [2.45, 2.75) is 52.1 Å². The molecule has 0 unspecified atom stereocenters. The quantitative estimate of drug-likeness (QED) is 0.774. The van der Waals surface area contributed by atoms with Gasteiger partial charge >= 0.3 is 0 Å². The number of thioether (sulfide) groups is 1. The molecule has 2 saturated heterocycles. The Morgan fingerprint density at radius 2 is 2.14 bits per heavy atom. The molecule has 29 heavy (non-hydrogen) atoms. The number of para-hydroxylation sites is 1. The molecule has 2 fully saturated rings. The van der Waals surface area contributed by atoms with Crippen molar-refractivity contribution in [3.63, 3.8) is 0 Å². The van der Waals surface area contributed by atoms with Gasteiger partial charge in [0.05, 0.1) is 10.4 Å². The van der Waals surface area contributed by atoms with Gasteiger partial charge in [-0.15, -0.1) is 0 Å². The Balaban J connectivity index is 1.74. The summed E-state index contributed by atoms with van der Waals surface area (Å²) in [6, 6.07) is 6.35. The number of rotatable bonds is 4. The Morgan fingerprint density at radius 1 is 1.31 bits per heavy atom. The zero-order valence-corrected chi connectivity index (χ0v) is 17.6. The van der Waals surface area contributed by atoms with E-state index in [1.807, 2.05) is 27.8 Å². The number of carbonyl (C=O) groups is 3. The Morgan fingerprint density at radius 3 is 2.83 bits per heavy atom. The zero-order valence-electron chi connectivity index (χ0n) is 16.7. The molecular weight excluding hydrogens is 386 g/mol. The largest absolute Gasteiger partial charge is 0.338 e. The van der Waals surface area contributed by atoms with Crippen molar-refractivity contribution in [3.8, 4) is 0 Å². The van der Waals surface area contributed by atoms with Crippen LogP contribution in [0.3, 0.4) is 0 Å². The number of likely N-dealkylation sites (tertiary alicyclic amines) is 1. The summed E-state index contributed by atoms with van der Waals surface area (Å²) >= 11 is 0.910. The second-order valence-corrected chi connectivity index (χ2v) is 8.68. The number of fused-ring (bicyclic) bond motifs is 1. The minimum atomic E-state index is -0.370.